The van der Waals surface area contributed by atoms with Crippen LogP contribution in [0, 0.1) is 0 Å². The Labute approximate surface area is 133 Å². The number of amides is 1. The summed E-state index contributed by atoms with van der Waals surface area (Å²) in [5.74, 6) is 1.13. The molecule has 1 amide bonds. The summed E-state index contributed by atoms with van der Waals surface area (Å²) in [6.45, 7) is 0. The Kier molecular flexibility index (Phi) is 4.14. The first-order valence-corrected chi connectivity index (χ1v) is 7.14. The van der Waals surface area contributed by atoms with E-state index in [-0.39, 0.29) is 12.3 Å². The molecule has 2 N–H and O–H groups in total. The zero-order chi connectivity index (χ0) is 16.2. The first-order valence-electron chi connectivity index (χ1n) is 7.14. The summed E-state index contributed by atoms with van der Waals surface area (Å²) < 4.78 is 10.4. The van der Waals surface area contributed by atoms with Crippen LogP contribution < -0.4 is 14.8 Å². The zero-order valence-electron chi connectivity index (χ0n) is 12.9. The maximum absolute atomic E-state index is 12.3. The van der Waals surface area contributed by atoms with Gasteiger partial charge in [-0.05, 0) is 23.8 Å². The molecule has 3 aromatic rings. The summed E-state index contributed by atoms with van der Waals surface area (Å²) >= 11 is 0. The first-order chi connectivity index (χ1) is 11.2. The van der Waals surface area contributed by atoms with E-state index in [1.165, 1.54) is 0 Å². The van der Waals surface area contributed by atoms with E-state index in [1.807, 2.05) is 24.3 Å². The second-order valence-corrected chi connectivity index (χ2v) is 5.05. The van der Waals surface area contributed by atoms with Crippen molar-refractivity contribution in [2.45, 2.75) is 6.42 Å². The molecule has 0 aliphatic carbocycles. The van der Waals surface area contributed by atoms with Crippen LogP contribution in [0.2, 0.25) is 0 Å². The van der Waals surface area contributed by atoms with Crippen molar-refractivity contribution in [3.8, 4) is 11.5 Å². The molecule has 6 nitrogen and oxygen atoms in total. The molecule has 118 valence electrons. The van der Waals surface area contributed by atoms with Gasteiger partial charge in [0.1, 0.15) is 0 Å². The third kappa shape index (κ3) is 3.11. The van der Waals surface area contributed by atoms with Crippen molar-refractivity contribution in [1.29, 1.82) is 0 Å². The highest BCUT2D eigenvalue weighted by molar-refractivity contribution is 6.00. The highest BCUT2D eigenvalue weighted by atomic mass is 16.5. The van der Waals surface area contributed by atoms with E-state index in [4.69, 9.17) is 9.47 Å². The molecule has 0 aliphatic heterocycles. The molecule has 0 spiro atoms. The van der Waals surface area contributed by atoms with Crippen molar-refractivity contribution in [2.75, 3.05) is 19.5 Å². The summed E-state index contributed by atoms with van der Waals surface area (Å²) in [6.07, 6.45) is 1.96. The number of aromatic amines is 1. The van der Waals surface area contributed by atoms with Gasteiger partial charge in [-0.2, -0.15) is 5.10 Å². The number of aromatic nitrogens is 2. The van der Waals surface area contributed by atoms with Crippen molar-refractivity contribution < 1.29 is 14.3 Å². The van der Waals surface area contributed by atoms with Crippen LogP contribution in [0.5, 0.6) is 11.5 Å². The first kappa shape index (κ1) is 14.9. The van der Waals surface area contributed by atoms with Gasteiger partial charge in [0.15, 0.2) is 11.5 Å². The van der Waals surface area contributed by atoms with Gasteiger partial charge in [-0.15, -0.1) is 0 Å². The van der Waals surface area contributed by atoms with E-state index >= 15 is 0 Å². The minimum absolute atomic E-state index is 0.112. The number of anilines is 1. The van der Waals surface area contributed by atoms with Crippen LogP contribution >= 0.6 is 0 Å². The quantitative estimate of drug-likeness (QED) is 0.759. The summed E-state index contributed by atoms with van der Waals surface area (Å²) in [5.41, 5.74) is 2.37. The molecule has 0 saturated carbocycles. The lowest BCUT2D eigenvalue weighted by atomic mass is 10.1. The Balaban J connectivity index is 1.76. The van der Waals surface area contributed by atoms with Crippen molar-refractivity contribution in [3.63, 3.8) is 0 Å². The fourth-order valence-electron chi connectivity index (χ4n) is 2.44. The van der Waals surface area contributed by atoms with Crippen molar-refractivity contribution in [1.82, 2.24) is 10.2 Å². The fraction of sp³-hybridized carbons (Fsp3) is 0.176. The minimum atomic E-state index is -0.112. The van der Waals surface area contributed by atoms with E-state index in [9.17, 15) is 4.79 Å². The van der Waals surface area contributed by atoms with Gasteiger partial charge in [0.25, 0.3) is 0 Å². The van der Waals surface area contributed by atoms with Gasteiger partial charge in [-0.1, -0.05) is 18.2 Å². The fourth-order valence-corrected chi connectivity index (χ4v) is 2.44. The van der Waals surface area contributed by atoms with Crippen molar-refractivity contribution >= 4 is 22.5 Å². The summed E-state index contributed by atoms with van der Waals surface area (Å²) in [5, 5.41) is 10.7. The van der Waals surface area contributed by atoms with E-state index in [2.05, 4.69) is 15.5 Å². The predicted octanol–water partition coefficient (Wildman–Crippen LogP) is 2.76. The number of methoxy groups -OCH3 is 2. The Morgan fingerprint density at radius 1 is 1.17 bits per heavy atom. The van der Waals surface area contributed by atoms with Crippen LogP contribution in [0.1, 0.15) is 5.56 Å². The number of ether oxygens (including phenoxy) is 2. The van der Waals surface area contributed by atoms with Crippen LogP contribution in [-0.4, -0.2) is 30.3 Å². The van der Waals surface area contributed by atoms with Crippen LogP contribution in [0.3, 0.4) is 0 Å². The van der Waals surface area contributed by atoms with Gasteiger partial charge in [0.05, 0.1) is 38.0 Å². The molecule has 0 saturated heterocycles. The SMILES string of the molecule is COc1ccc(CC(=O)Nc2cccc3cn[nH]c23)cc1OC. The molecule has 0 unspecified atom stereocenters. The Hall–Kier alpha value is -3.02. The third-order valence-corrected chi connectivity index (χ3v) is 3.56. The predicted molar refractivity (Wildman–Crippen MR) is 88.0 cm³/mol. The highest BCUT2D eigenvalue weighted by Gasteiger charge is 2.10. The molecular weight excluding hydrogens is 294 g/mol. The number of carbonyl (C=O) groups is 1. The van der Waals surface area contributed by atoms with E-state index < -0.39 is 0 Å². The molecule has 0 bridgehead atoms. The van der Waals surface area contributed by atoms with Crippen molar-refractivity contribution in [3.05, 3.63) is 48.2 Å². The molecular formula is C17H17N3O3. The van der Waals surface area contributed by atoms with Crippen molar-refractivity contribution in [2.24, 2.45) is 0 Å². The highest BCUT2D eigenvalue weighted by Crippen LogP contribution is 2.28. The van der Waals surface area contributed by atoms with Gasteiger partial charge in [-0.25, -0.2) is 0 Å². The van der Waals surface area contributed by atoms with E-state index in [1.54, 1.807) is 32.5 Å². The lowest BCUT2D eigenvalue weighted by Crippen LogP contribution is -2.14. The number of nitrogens with zero attached hydrogens (tertiary/aromatic N) is 1. The smallest absolute Gasteiger partial charge is 0.228 e. The van der Waals surface area contributed by atoms with Gasteiger partial charge in [-0.3, -0.25) is 9.89 Å². The lowest BCUT2D eigenvalue weighted by molar-refractivity contribution is -0.115. The molecule has 3 rings (SSSR count). The summed E-state index contributed by atoms with van der Waals surface area (Å²) in [7, 11) is 3.15. The molecule has 0 atom stereocenters. The lowest BCUT2D eigenvalue weighted by Gasteiger charge is -2.10. The number of H-pyrrole nitrogens is 1. The van der Waals surface area contributed by atoms with E-state index in [0.29, 0.717) is 17.2 Å². The number of rotatable bonds is 5. The summed E-state index contributed by atoms with van der Waals surface area (Å²) in [6, 6.07) is 11.1. The van der Waals surface area contributed by atoms with Gasteiger partial charge < -0.3 is 14.8 Å². The van der Waals surface area contributed by atoms with Crippen LogP contribution in [0.25, 0.3) is 10.9 Å². The maximum atomic E-state index is 12.3. The van der Waals surface area contributed by atoms with Gasteiger partial charge in [0, 0.05) is 5.39 Å². The Bertz CT molecular complexity index is 842. The van der Waals surface area contributed by atoms with Gasteiger partial charge >= 0.3 is 0 Å². The second kappa shape index (κ2) is 6.39. The average molecular weight is 311 g/mol. The Morgan fingerprint density at radius 2 is 2.00 bits per heavy atom. The zero-order valence-corrected chi connectivity index (χ0v) is 12.9. The van der Waals surface area contributed by atoms with Crippen LogP contribution in [0.15, 0.2) is 42.6 Å². The second-order valence-electron chi connectivity index (χ2n) is 5.05. The molecule has 0 aliphatic rings. The number of benzene rings is 2. The molecule has 6 heteroatoms. The number of para-hydroxylation sites is 1. The normalized spacial score (nSPS) is 10.5. The van der Waals surface area contributed by atoms with Crippen LogP contribution in [0.4, 0.5) is 5.69 Å². The Morgan fingerprint density at radius 3 is 2.78 bits per heavy atom. The maximum Gasteiger partial charge on any atom is 0.228 e. The molecule has 0 radical (unpaired) electrons. The molecule has 23 heavy (non-hydrogen) atoms. The average Bonchev–Trinajstić information content (AvgIpc) is 3.04. The number of fused-ring (bicyclic) bond motifs is 1. The minimum Gasteiger partial charge on any atom is -0.493 e. The molecule has 2 aromatic carbocycles. The molecule has 1 aromatic heterocycles. The van der Waals surface area contributed by atoms with Gasteiger partial charge in [0.2, 0.25) is 5.91 Å². The standard InChI is InChI=1S/C17H17N3O3/c1-22-14-7-6-11(8-15(14)23-2)9-16(21)19-13-5-3-4-12-10-18-20-17(12)13/h3-8,10H,9H2,1-2H3,(H,18,20)(H,19,21). The summed E-state index contributed by atoms with van der Waals surface area (Å²) in [4.78, 5) is 12.3. The topological polar surface area (TPSA) is 76.2 Å². The molecule has 1 heterocycles. The monoisotopic (exact) mass is 311 g/mol. The van der Waals surface area contributed by atoms with E-state index in [0.717, 1.165) is 16.5 Å². The molecule has 0 fully saturated rings. The number of hydrogen-bond acceptors (Lipinski definition) is 4. The van der Waals surface area contributed by atoms with Crippen LogP contribution in [-0.2, 0) is 11.2 Å². The third-order valence-electron chi connectivity index (χ3n) is 3.56. The number of carbonyl (C=O) groups excluding carboxylic acids is 1. The largest absolute Gasteiger partial charge is 0.493 e. The number of nitrogens with one attached hydrogen (secondary N) is 2. The number of hydrogen-bond donors (Lipinski definition) is 2.